The van der Waals surface area contributed by atoms with Crippen molar-refractivity contribution in [3.63, 3.8) is 0 Å². The maximum atomic E-state index is 12.9. The predicted molar refractivity (Wildman–Crippen MR) is 106 cm³/mol. The van der Waals surface area contributed by atoms with Crippen molar-refractivity contribution in [1.82, 2.24) is 9.38 Å². The molecule has 1 aromatic carbocycles. The molecule has 0 unspecified atom stereocenters. The molecule has 0 amide bonds. The summed E-state index contributed by atoms with van der Waals surface area (Å²) in [7, 11) is 0. The average Bonchev–Trinajstić information content (AvgIpc) is 2.65. The molecule has 0 atom stereocenters. The summed E-state index contributed by atoms with van der Waals surface area (Å²) in [5.74, 6) is -1.09. The predicted octanol–water partition coefficient (Wildman–Crippen LogP) is 4.58. The zero-order valence-corrected chi connectivity index (χ0v) is 15.6. The number of aromatic nitrogens is 2. The number of pyridine rings is 1. The Morgan fingerprint density at radius 3 is 2.59 bits per heavy atom. The SMILES string of the molecule is O=C(O)c1ccc2nc3c(c(=O)n2c1)CCC/C3=C/c1c(Cl)cccc1Cl. The van der Waals surface area contributed by atoms with Gasteiger partial charge >= 0.3 is 5.97 Å². The maximum Gasteiger partial charge on any atom is 0.337 e. The van der Waals surface area contributed by atoms with Crippen molar-refractivity contribution in [3.8, 4) is 0 Å². The minimum atomic E-state index is -1.09. The third-order valence-corrected chi connectivity index (χ3v) is 5.32. The van der Waals surface area contributed by atoms with Crippen molar-refractivity contribution >= 4 is 46.5 Å². The average molecular weight is 401 g/mol. The molecule has 2 heterocycles. The Balaban J connectivity index is 1.94. The van der Waals surface area contributed by atoms with E-state index >= 15 is 0 Å². The summed E-state index contributed by atoms with van der Waals surface area (Å²) in [5.41, 5.74) is 3.01. The van der Waals surface area contributed by atoms with Gasteiger partial charge in [-0.15, -0.1) is 0 Å². The van der Waals surface area contributed by atoms with Crippen molar-refractivity contribution in [2.45, 2.75) is 19.3 Å². The molecule has 2 aromatic heterocycles. The fourth-order valence-corrected chi connectivity index (χ4v) is 3.84. The van der Waals surface area contributed by atoms with Gasteiger partial charge in [0.05, 0.1) is 11.3 Å². The third-order valence-electron chi connectivity index (χ3n) is 4.66. The lowest BCUT2D eigenvalue weighted by molar-refractivity contribution is 0.0696. The molecule has 0 spiro atoms. The summed E-state index contributed by atoms with van der Waals surface area (Å²) in [6.45, 7) is 0. The van der Waals surface area contributed by atoms with E-state index in [2.05, 4.69) is 4.98 Å². The lowest BCUT2D eigenvalue weighted by Gasteiger charge is -2.19. The van der Waals surface area contributed by atoms with Gasteiger partial charge < -0.3 is 5.11 Å². The third kappa shape index (κ3) is 3.13. The standard InChI is InChI=1S/C20H14Cl2N2O3/c21-15-5-2-6-16(22)14(15)9-11-3-1-4-13-18(11)23-17-8-7-12(20(26)27)10-24(17)19(13)25/h2,5-10H,1,3-4H2,(H,26,27)/b11-9-. The van der Waals surface area contributed by atoms with E-state index in [0.717, 1.165) is 18.4 Å². The van der Waals surface area contributed by atoms with E-state index in [0.29, 0.717) is 38.9 Å². The van der Waals surface area contributed by atoms with E-state index in [9.17, 15) is 9.59 Å². The maximum absolute atomic E-state index is 12.9. The van der Waals surface area contributed by atoms with Gasteiger partial charge in [-0.2, -0.15) is 0 Å². The van der Waals surface area contributed by atoms with Crippen LogP contribution in [0.1, 0.15) is 40.0 Å². The van der Waals surface area contributed by atoms with Gasteiger partial charge in [-0.3, -0.25) is 9.20 Å². The van der Waals surface area contributed by atoms with Crippen LogP contribution in [-0.2, 0) is 6.42 Å². The second-order valence-electron chi connectivity index (χ2n) is 6.35. The number of hydrogen-bond acceptors (Lipinski definition) is 3. The normalized spacial score (nSPS) is 15.1. The highest BCUT2D eigenvalue weighted by molar-refractivity contribution is 6.37. The Labute approximate surface area is 164 Å². The molecule has 0 radical (unpaired) electrons. The van der Waals surface area contributed by atoms with E-state index in [-0.39, 0.29) is 11.1 Å². The van der Waals surface area contributed by atoms with Crippen molar-refractivity contribution in [3.05, 3.63) is 79.3 Å². The number of carbonyl (C=O) groups is 1. The number of halogens is 2. The van der Waals surface area contributed by atoms with Crippen LogP contribution in [-0.4, -0.2) is 20.5 Å². The quantitative estimate of drug-likeness (QED) is 0.683. The lowest BCUT2D eigenvalue weighted by Crippen LogP contribution is -2.25. The minimum absolute atomic E-state index is 0.0424. The van der Waals surface area contributed by atoms with Gasteiger partial charge in [0.2, 0.25) is 0 Å². The fraction of sp³-hybridized carbons (Fsp3) is 0.150. The molecule has 7 heteroatoms. The molecule has 1 aliphatic rings. The van der Waals surface area contributed by atoms with Gasteiger partial charge in [0.25, 0.3) is 5.56 Å². The number of aromatic carboxylic acids is 1. The lowest BCUT2D eigenvalue weighted by atomic mass is 9.90. The Morgan fingerprint density at radius 1 is 1.15 bits per heavy atom. The van der Waals surface area contributed by atoms with Crippen LogP contribution >= 0.6 is 23.2 Å². The number of nitrogens with zero attached hydrogens (tertiary/aromatic N) is 2. The molecule has 1 aliphatic carbocycles. The van der Waals surface area contributed by atoms with E-state index in [1.807, 2.05) is 6.08 Å². The highest BCUT2D eigenvalue weighted by atomic mass is 35.5. The van der Waals surface area contributed by atoms with Gasteiger partial charge in [-0.05, 0) is 55.2 Å². The highest BCUT2D eigenvalue weighted by Crippen LogP contribution is 2.34. The van der Waals surface area contributed by atoms with Crippen LogP contribution < -0.4 is 5.56 Å². The molecular weight excluding hydrogens is 387 g/mol. The summed E-state index contributed by atoms with van der Waals surface area (Å²) >= 11 is 12.6. The van der Waals surface area contributed by atoms with Crippen LogP contribution in [0, 0.1) is 0 Å². The molecule has 0 saturated carbocycles. The summed E-state index contributed by atoms with van der Waals surface area (Å²) < 4.78 is 1.30. The Morgan fingerprint density at radius 2 is 1.89 bits per heavy atom. The van der Waals surface area contributed by atoms with Gasteiger partial charge in [0.15, 0.2) is 0 Å². The molecule has 0 saturated heterocycles. The molecule has 0 fully saturated rings. The van der Waals surface area contributed by atoms with Crippen LogP contribution in [0.4, 0.5) is 0 Å². The topological polar surface area (TPSA) is 71.7 Å². The molecule has 136 valence electrons. The summed E-state index contributed by atoms with van der Waals surface area (Å²) in [4.78, 5) is 28.8. The summed E-state index contributed by atoms with van der Waals surface area (Å²) in [6.07, 6.45) is 5.34. The van der Waals surface area contributed by atoms with E-state index in [4.69, 9.17) is 28.3 Å². The first-order valence-electron chi connectivity index (χ1n) is 8.39. The molecule has 27 heavy (non-hydrogen) atoms. The fourth-order valence-electron chi connectivity index (χ4n) is 3.33. The first-order chi connectivity index (χ1) is 13.0. The first-order valence-corrected chi connectivity index (χ1v) is 9.15. The number of fused-ring (bicyclic) bond motifs is 2. The number of allylic oxidation sites excluding steroid dienone is 1. The molecule has 4 rings (SSSR count). The minimum Gasteiger partial charge on any atom is -0.478 e. The van der Waals surface area contributed by atoms with Crippen LogP contribution in [0.3, 0.4) is 0 Å². The van der Waals surface area contributed by atoms with Crippen LogP contribution in [0.2, 0.25) is 10.0 Å². The summed E-state index contributed by atoms with van der Waals surface area (Å²) in [5, 5.41) is 10.2. The Hall–Kier alpha value is -2.63. The van der Waals surface area contributed by atoms with E-state index in [1.165, 1.54) is 16.7 Å². The van der Waals surface area contributed by atoms with Crippen molar-refractivity contribution in [1.29, 1.82) is 0 Å². The Bertz CT molecular complexity index is 1160. The van der Waals surface area contributed by atoms with Crippen molar-refractivity contribution < 1.29 is 9.90 Å². The largest absolute Gasteiger partial charge is 0.478 e. The second kappa shape index (κ2) is 6.83. The molecule has 0 aliphatic heterocycles. The van der Waals surface area contributed by atoms with Gasteiger partial charge in [0, 0.05) is 27.4 Å². The number of rotatable bonds is 2. The second-order valence-corrected chi connectivity index (χ2v) is 7.17. The molecule has 1 N–H and O–H groups in total. The summed E-state index contributed by atoms with van der Waals surface area (Å²) in [6, 6.07) is 8.28. The molecular formula is C20H14Cl2N2O3. The molecule has 3 aromatic rings. The Kier molecular flexibility index (Phi) is 4.50. The zero-order chi connectivity index (χ0) is 19.1. The highest BCUT2D eigenvalue weighted by Gasteiger charge is 2.21. The molecule has 0 bridgehead atoms. The van der Waals surface area contributed by atoms with Crippen LogP contribution in [0.5, 0.6) is 0 Å². The van der Waals surface area contributed by atoms with Crippen LogP contribution in [0.15, 0.2) is 41.3 Å². The van der Waals surface area contributed by atoms with Crippen molar-refractivity contribution in [2.24, 2.45) is 0 Å². The van der Waals surface area contributed by atoms with Gasteiger partial charge in [0.1, 0.15) is 5.65 Å². The van der Waals surface area contributed by atoms with Crippen molar-refractivity contribution in [2.75, 3.05) is 0 Å². The first kappa shape index (κ1) is 17.8. The zero-order valence-electron chi connectivity index (χ0n) is 14.1. The van der Waals surface area contributed by atoms with Gasteiger partial charge in [-0.25, -0.2) is 9.78 Å². The van der Waals surface area contributed by atoms with E-state index < -0.39 is 5.97 Å². The smallest absolute Gasteiger partial charge is 0.337 e. The van der Waals surface area contributed by atoms with Crippen LogP contribution in [0.25, 0.3) is 17.3 Å². The molecule has 5 nitrogen and oxygen atoms in total. The number of carboxylic acids is 1. The number of carboxylic acid groups (broad SMARTS) is 1. The number of benzene rings is 1. The van der Waals surface area contributed by atoms with Gasteiger partial charge in [-0.1, -0.05) is 29.3 Å². The van der Waals surface area contributed by atoms with E-state index in [1.54, 1.807) is 24.3 Å². The monoisotopic (exact) mass is 400 g/mol. The number of hydrogen-bond donors (Lipinski definition) is 1.